The molecule has 2 rings (SSSR count). The van der Waals surface area contributed by atoms with Crippen molar-refractivity contribution in [2.75, 3.05) is 26.8 Å². The van der Waals surface area contributed by atoms with Gasteiger partial charge in [0, 0.05) is 32.2 Å². The van der Waals surface area contributed by atoms with Crippen LogP contribution in [0.3, 0.4) is 0 Å². The zero-order chi connectivity index (χ0) is 17.7. The van der Waals surface area contributed by atoms with Crippen molar-refractivity contribution >= 4 is 11.8 Å². The lowest BCUT2D eigenvalue weighted by atomic mass is 10.0. The maximum absolute atomic E-state index is 13.9. The Morgan fingerprint density at radius 1 is 1.46 bits per heavy atom. The van der Waals surface area contributed by atoms with Gasteiger partial charge in [-0.2, -0.15) is 0 Å². The third-order valence-electron chi connectivity index (χ3n) is 4.21. The Hall–Kier alpha value is -2.02. The van der Waals surface area contributed by atoms with Crippen LogP contribution in [0.25, 0.3) is 0 Å². The summed E-state index contributed by atoms with van der Waals surface area (Å²) < 4.78 is 32.2. The van der Waals surface area contributed by atoms with Gasteiger partial charge in [-0.3, -0.25) is 9.59 Å². The molecule has 1 heterocycles. The van der Waals surface area contributed by atoms with Crippen molar-refractivity contribution in [3.63, 3.8) is 0 Å². The van der Waals surface area contributed by atoms with E-state index in [1.54, 1.807) is 18.9 Å². The van der Waals surface area contributed by atoms with Crippen molar-refractivity contribution in [2.45, 2.75) is 25.8 Å². The van der Waals surface area contributed by atoms with E-state index in [4.69, 9.17) is 4.74 Å². The van der Waals surface area contributed by atoms with Gasteiger partial charge in [-0.25, -0.2) is 8.78 Å². The molecule has 0 spiro atoms. The van der Waals surface area contributed by atoms with E-state index >= 15 is 0 Å². The Balaban J connectivity index is 2.02. The topological polar surface area (TPSA) is 58.6 Å². The first kappa shape index (κ1) is 18.3. The molecule has 7 heteroatoms. The first-order valence-corrected chi connectivity index (χ1v) is 7.98. The number of methoxy groups -OCH3 is 1. The Bertz CT molecular complexity index is 609. The lowest BCUT2D eigenvalue weighted by Gasteiger charge is -2.21. The van der Waals surface area contributed by atoms with Gasteiger partial charge < -0.3 is 15.0 Å². The van der Waals surface area contributed by atoms with Crippen LogP contribution in [0.2, 0.25) is 0 Å². The summed E-state index contributed by atoms with van der Waals surface area (Å²) in [6.07, 6.45) is 0.539. The normalized spacial score (nSPS) is 18.8. The average molecular weight is 340 g/mol. The van der Waals surface area contributed by atoms with Crippen molar-refractivity contribution in [1.82, 2.24) is 10.2 Å². The van der Waals surface area contributed by atoms with E-state index in [-0.39, 0.29) is 23.8 Å². The van der Waals surface area contributed by atoms with Crippen molar-refractivity contribution in [1.29, 1.82) is 0 Å². The van der Waals surface area contributed by atoms with Gasteiger partial charge in [-0.15, -0.1) is 0 Å². The molecule has 2 atom stereocenters. The largest absolute Gasteiger partial charge is 0.383 e. The first-order chi connectivity index (χ1) is 11.5. The van der Waals surface area contributed by atoms with Crippen LogP contribution in [0.4, 0.5) is 8.78 Å². The highest BCUT2D eigenvalue weighted by molar-refractivity contribution is 5.89. The highest BCUT2D eigenvalue weighted by Crippen LogP contribution is 2.24. The van der Waals surface area contributed by atoms with Crippen LogP contribution in [0.15, 0.2) is 18.2 Å². The molecule has 1 aromatic carbocycles. The number of amides is 2. The zero-order valence-corrected chi connectivity index (χ0v) is 13.9. The van der Waals surface area contributed by atoms with Crippen molar-refractivity contribution < 1.29 is 23.1 Å². The number of hydrogen-bond donors (Lipinski definition) is 1. The molecule has 1 saturated heterocycles. The van der Waals surface area contributed by atoms with Gasteiger partial charge in [0.05, 0.1) is 18.6 Å². The molecule has 0 bridgehead atoms. The Labute approximate surface area is 140 Å². The lowest BCUT2D eigenvalue weighted by molar-refractivity contribution is -0.129. The fourth-order valence-corrected chi connectivity index (χ4v) is 2.84. The number of halogens is 2. The van der Waals surface area contributed by atoms with Crippen molar-refractivity contribution in [2.24, 2.45) is 5.92 Å². The smallest absolute Gasteiger partial charge is 0.225 e. The van der Waals surface area contributed by atoms with Gasteiger partial charge in [0.1, 0.15) is 11.6 Å². The number of nitrogens with zero attached hydrogens (tertiary/aromatic N) is 1. The minimum absolute atomic E-state index is 0.0998. The molecule has 5 nitrogen and oxygen atoms in total. The molecule has 132 valence electrons. The number of likely N-dealkylation sites (tertiary alicyclic amines) is 1. The number of carbonyl (C=O) groups is 2. The molecule has 1 fully saturated rings. The number of ether oxygens (including phenoxy) is 1. The molecule has 0 aliphatic carbocycles. The monoisotopic (exact) mass is 340 g/mol. The fraction of sp³-hybridized carbons (Fsp3) is 0.529. The molecule has 0 radical (unpaired) electrons. The van der Waals surface area contributed by atoms with E-state index in [1.807, 2.05) is 0 Å². The van der Waals surface area contributed by atoms with Crippen LogP contribution in [0.1, 0.15) is 31.4 Å². The summed E-state index contributed by atoms with van der Waals surface area (Å²) >= 11 is 0. The molecule has 1 aliphatic rings. The van der Waals surface area contributed by atoms with E-state index in [9.17, 15) is 18.4 Å². The van der Waals surface area contributed by atoms with Crippen LogP contribution >= 0.6 is 0 Å². The summed E-state index contributed by atoms with van der Waals surface area (Å²) in [5.41, 5.74) is 0.117. The van der Waals surface area contributed by atoms with E-state index in [0.29, 0.717) is 26.1 Å². The van der Waals surface area contributed by atoms with Gasteiger partial charge >= 0.3 is 0 Å². The summed E-state index contributed by atoms with van der Waals surface area (Å²) in [4.78, 5) is 25.9. The number of benzene rings is 1. The third-order valence-corrected chi connectivity index (χ3v) is 4.21. The van der Waals surface area contributed by atoms with Crippen LogP contribution in [-0.2, 0) is 14.3 Å². The second-order valence-corrected chi connectivity index (χ2v) is 5.87. The van der Waals surface area contributed by atoms with Crippen LogP contribution in [-0.4, -0.2) is 43.5 Å². The number of carbonyl (C=O) groups excluding carboxylic acids is 2. The molecule has 0 aromatic heterocycles. The van der Waals surface area contributed by atoms with Gasteiger partial charge in [-0.05, 0) is 24.6 Å². The number of rotatable bonds is 7. The molecule has 2 amide bonds. The second-order valence-electron chi connectivity index (χ2n) is 5.87. The molecule has 24 heavy (non-hydrogen) atoms. The summed E-state index contributed by atoms with van der Waals surface area (Å²) in [6, 6.07) is 2.55. The second kappa shape index (κ2) is 8.19. The molecular formula is C17H22F2N2O3. The fourth-order valence-electron chi connectivity index (χ4n) is 2.84. The Morgan fingerprint density at radius 3 is 2.88 bits per heavy atom. The molecule has 1 N–H and O–H groups in total. The first-order valence-electron chi connectivity index (χ1n) is 7.98. The standard InChI is InChI=1S/C17H22F2N2O3/c1-3-15(13-9-12(18)4-5-14(13)19)20-17(23)11-8-16(22)21(10-11)6-7-24-2/h4-5,9,11,15H,3,6-8,10H2,1-2H3,(H,20,23). The third kappa shape index (κ3) is 4.29. The SMILES string of the molecule is CCC(NC(=O)C1CC(=O)N(CCOC)C1)c1cc(F)ccc1F. The van der Waals surface area contributed by atoms with Crippen LogP contribution < -0.4 is 5.32 Å². The van der Waals surface area contributed by atoms with Gasteiger partial charge in [-0.1, -0.05) is 6.92 Å². The minimum Gasteiger partial charge on any atom is -0.383 e. The molecular weight excluding hydrogens is 318 g/mol. The predicted octanol–water partition coefficient (Wildman–Crippen LogP) is 2.03. The summed E-state index contributed by atoms with van der Waals surface area (Å²) in [5, 5.41) is 2.73. The summed E-state index contributed by atoms with van der Waals surface area (Å²) in [5.74, 6) is -2.02. The van der Waals surface area contributed by atoms with E-state index in [2.05, 4.69) is 5.32 Å². The van der Waals surface area contributed by atoms with E-state index in [0.717, 1.165) is 18.2 Å². The molecule has 0 saturated carbocycles. The molecule has 1 aliphatic heterocycles. The van der Waals surface area contributed by atoms with Crippen molar-refractivity contribution in [3.05, 3.63) is 35.4 Å². The lowest BCUT2D eigenvalue weighted by Crippen LogP contribution is -2.36. The van der Waals surface area contributed by atoms with Gasteiger partial charge in [0.15, 0.2) is 0 Å². The zero-order valence-electron chi connectivity index (χ0n) is 13.9. The van der Waals surface area contributed by atoms with Crippen molar-refractivity contribution in [3.8, 4) is 0 Å². The average Bonchev–Trinajstić information content (AvgIpc) is 2.94. The highest BCUT2D eigenvalue weighted by atomic mass is 19.1. The highest BCUT2D eigenvalue weighted by Gasteiger charge is 2.34. The van der Waals surface area contributed by atoms with Gasteiger partial charge in [0.2, 0.25) is 11.8 Å². The predicted molar refractivity (Wildman–Crippen MR) is 84.1 cm³/mol. The maximum atomic E-state index is 13.9. The quantitative estimate of drug-likeness (QED) is 0.826. The van der Waals surface area contributed by atoms with E-state index in [1.165, 1.54) is 0 Å². The number of nitrogens with one attached hydrogen (secondary N) is 1. The Morgan fingerprint density at radius 2 is 2.21 bits per heavy atom. The summed E-state index contributed by atoms with van der Waals surface area (Å²) in [6.45, 7) is 2.94. The number of hydrogen-bond acceptors (Lipinski definition) is 3. The van der Waals surface area contributed by atoms with Crippen LogP contribution in [0.5, 0.6) is 0 Å². The van der Waals surface area contributed by atoms with Gasteiger partial charge in [0.25, 0.3) is 0 Å². The summed E-state index contributed by atoms with van der Waals surface area (Å²) in [7, 11) is 1.55. The van der Waals surface area contributed by atoms with E-state index < -0.39 is 23.6 Å². The molecule has 2 unspecified atom stereocenters. The molecule has 1 aromatic rings. The maximum Gasteiger partial charge on any atom is 0.225 e. The Kier molecular flexibility index (Phi) is 6.25. The van der Waals surface area contributed by atoms with Crippen LogP contribution in [0, 0.1) is 17.6 Å². The minimum atomic E-state index is -0.628.